The van der Waals surface area contributed by atoms with Crippen LogP contribution in [0.3, 0.4) is 0 Å². The second kappa shape index (κ2) is 8.75. The first kappa shape index (κ1) is 22.6. The number of likely N-dealkylation sites (tertiary alicyclic amines) is 1. The summed E-state index contributed by atoms with van der Waals surface area (Å²) in [5.74, 6) is -4.93. The van der Waals surface area contributed by atoms with Gasteiger partial charge in [-0.25, -0.2) is 18.4 Å². The van der Waals surface area contributed by atoms with Gasteiger partial charge in [-0.05, 0) is 33.3 Å². The maximum Gasteiger partial charge on any atom is 0.408 e. The van der Waals surface area contributed by atoms with Gasteiger partial charge in [-0.15, -0.1) is 0 Å². The smallest absolute Gasteiger partial charge is 0.408 e. The van der Waals surface area contributed by atoms with Crippen molar-refractivity contribution in [3.05, 3.63) is 35.9 Å². The van der Waals surface area contributed by atoms with Crippen LogP contribution in [0.25, 0.3) is 0 Å². The highest BCUT2D eigenvalue weighted by Crippen LogP contribution is 2.33. The number of esters is 1. The molecule has 2 amide bonds. The predicted molar refractivity (Wildman–Crippen MR) is 100 cm³/mol. The zero-order valence-corrected chi connectivity index (χ0v) is 16.9. The van der Waals surface area contributed by atoms with Crippen molar-refractivity contribution in [2.24, 2.45) is 0 Å². The number of alkyl carbamates (subject to hydrolysis) is 1. The van der Waals surface area contributed by atoms with Gasteiger partial charge in [0.2, 0.25) is 5.91 Å². The number of alkyl halides is 2. The summed E-state index contributed by atoms with van der Waals surface area (Å²) in [5.41, 5.74) is -0.125. The number of ether oxygens (including phenoxy) is 2. The zero-order valence-electron chi connectivity index (χ0n) is 16.9. The molecule has 29 heavy (non-hydrogen) atoms. The van der Waals surface area contributed by atoms with E-state index in [1.165, 1.54) is 6.92 Å². The predicted octanol–water partition coefficient (Wildman–Crippen LogP) is 2.88. The lowest BCUT2D eigenvalue weighted by Gasteiger charge is -2.28. The van der Waals surface area contributed by atoms with Gasteiger partial charge < -0.3 is 19.7 Å². The van der Waals surface area contributed by atoms with Crippen molar-refractivity contribution in [1.29, 1.82) is 0 Å². The second-order valence-electron chi connectivity index (χ2n) is 8.00. The Hall–Kier alpha value is -2.71. The van der Waals surface area contributed by atoms with Crippen LogP contribution < -0.4 is 5.32 Å². The van der Waals surface area contributed by atoms with Crippen molar-refractivity contribution >= 4 is 18.0 Å². The van der Waals surface area contributed by atoms with Crippen molar-refractivity contribution in [2.75, 3.05) is 6.54 Å². The van der Waals surface area contributed by atoms with Gasteiger partial charge in [0.25, 0.3) is 5.92 Å². The Kier molecular flexibility index (Phi) is 6.81. The number of nitrogens with zero attached hydrogens (tertiary/aromatic N) is 1. The fraction of sp³-hybridized carbons (Fsp3) is 0.550. The quantitative estimate of drug-likeness (QED) is 0.752. The third-order valence-corrected chi connectivity index (χ3v) is 4.15. The van der Waals surface area contributed by atoms with Crippen molar-refractivity contribution in [2.45, 2.75) is 64.3 Å². The average molecular weight is 412 g/mol. The van der Waals surface area contributed by atoms with Crippen LogP contribution in [-0.4, -0.2) is 53.0 Å². The van der Waals surface area contributed by atoms with Crippen LogP contribution in [0.5, 0.6) is 0 Å². The molecule has 1 saturated heterocycles. The third-order valence-electron chi connectivity index (χ3n) is 4.15. The van der Waals surface area contributed by atoms with Gasteiger partial charge in [0, 0.05) is 6.42 Å². The standard InChI is InChI=1S/C20H26F2N2O5/c1-13(23-18(27)28-11-14-8-6-5-7-9-14)16(25)24-12-20(21,22)10-15(24)17(26)29-19(2,3)4/h5-9,13,15H,10-12H2,1-4H3,(H,23,27). The maximum absolute atomic E-state index is 13.9. The molecule has 0 saturated carbocycles. The van der Waals surface area contributed by atoms with Crippen molar-refractivity contribution in [3.63, 3.8) is 0 Å². The second-order valence-corrected chi connectivity index (χ2v) is 8.00. The van der Waals surface area contributed by atoms with Crippen molar-refractivity contribution in [3.8, 4) is 0 Å². The van der Waals surface area contributed by atoms with Crippen LogP contribution in [0.2, 0.25) is 0 Å². The summed E-state index contributed by atoms with van der Waals surface area (Å²) < 4.78 is 38.0. The van der Waals surface area contributed by atoms with E-state index in [1.54, 1.807) is 45.0 Å². The topological polar surface area (TPSA) is 84.9 Å². The highest BCUT2D eigenvalue weighted by atomic mass is 19.3. The Labute approximate surface area is 168 Å². The Balaban J connectivity index is 1.98. The number of rotatable bonds is 5. The van der Waals surface area contributed by atoms with Gasteiger partial charge in [0.1, 0.15) is 24.3 Å². The van der Waals surface area contributed by atoms with E-state index in [2.05, 4.69) is 5.32 Å². The van der Waals surface area contributed by atoms with Crippen LogP contribution in [0.15, 0.2) is 30.3 Å². The molecule has 1 aromatic carbocycles. The summed E-state index contributed by atoms with van der Waals surface area (Å²) in [4.78, 5) is 37.6. The molecule has 1 heterocycles. The summed E-state index contributed by atoms with van der Waals surface area (Å²) in [5, 5.41) is 2.31. The first-order valence-electron chi connectivity index (χ1n) is 9.26. The molecule has 1 aliphatic rings. The monoisotopic (exact) mass is 412 g/mol. The molecule has 0 spiro atoms. The molecule has 1 N–H and O–H groups in total. The molecule has 1 aliphatic heterocycles. The van der Waals surface area contributed by atoms with Crippen LogP contribution >= 0.6 is 0 Å². The van der Waals surface area contributed by atoms with Crippen LogP contribution in [-0.2, 0) is 25.7 Å². The number of carbonyl (C=O) groups is 3. The molecule has 9 heteroatoms. The first-order chi connectivity index (χ1) is 13.4. The van der Waals surface area contributed by atoms with Gasteiger partial charge in [0.15, 0.2) is 0 Å². The van der Waals surface area contributed by atoms with Crippen molar-refractivity contribution < 1.29 is 32.6 Å². The highest BCUT2D eigenvalue weighted by Gasteiger charge is 2.51. The lowest BCUT2D eigenvalue weighted by Crippen LogP contribution is -2.51. The largest absolute Gasteiger partial charge is 0.458 e. The van der Waals surface area contributed by atoms with E-state index in [0.29, 0.717) is 0 Å². The number of carbonyl (C=O) groups excluding carboxylic acids is 3. The summed E-state index contributed by atoms with van der Waals surface area (Å²) in [7, 11) is 0. The van der Waals surface area contributed by atoms with Gasteiger partial charge >= 0.3 is 12.1 Å². The molecule has 2 atom stereocenters. The summed E-state index contributed by atoms with van der Waals surface area (Å²) in [6.07, 6.45) is -1.69. The molecule has 2 unspecified atom stereocenters. The molecule has 0 aromatic heterocycles. The first-order valence-corrected chi connectivity index (χ1v) is 9.26. The van der Waals surface area contributed by atoms with E-state index in [0.717, 1.165) is 10.5 Å². The number of nitrogens with one attached hydrogen (secondary N) is 1. The van der Waals surface area contributed by atoms with E-state index in [-0.39, 0.29) is 6.61 Å². The van der Waals surface area contributed by atoms with E-state index in [4.69, 9.17) is 9.47 Å². The molecule has 0 bridgehead atoms. The normalized spacial score (nSPS) is 19.4. The molecule has 7 nitrogen and oxygen atoms in total. The zero-order chi connectivity index (χ0) is 21.8. The molecular weight excluding hydrogens is 386 g/mol. The fourth-order valence-electron chi connectivity index (χ4n) is 2.88. The van der Waals surface area contributed by atoms with Gasteiger partial charge in [-0.1, -0.05) is 30.3 Å². The molecule has 1 aromatic rings. The van der Waals surface area contributed by atoms with E-state index in [9.17, 15) is 23.2 Å². The van der Waals surface area contributed by atoms with Crippen LogP contribution in [0.1, 0.15) is 39.7 Å². The van der Waals surface area contributed by atoms with Gasteiger partial charge in [-0.2, -0.15) is 0 Å². The molecule has 0 aliphatic carbocycles. The minimum Gasteiger partial charge on any atom is -0.458 e. The lowest BCUT2D eigenvalue weighted by molar-refractivity contribution is -0.163. The fourth-order valence-corrected chi connectivity index (χ4v) is 2.88. The van der Waals surface area contributed by atoms with Gasteiger partial charge in [-0.3, -0.25) is 4.79 Å². The SMILES string of the molecule is CC(NC(=O)OCc1ccccc1)C(=O)N1CC(F)(F)CC1C(=O)OC(C)(C)C. The van der Waals surface area contributed by atoms with Crippen LogP contribution in [0, 0.1) is 0 Å². The van der Waals surface area contributed by atoms with E-state index in [1.807, 2.05) is 6.07 Å². The number of amides is 2. The number of hydrogen-bond donors (Lipinski definition) is 1. The van der Waals surface area contributed by atoms with Crippen LogP contribution in [0.4, 0.5) is 13.6 Å². The Morgan fingerprint density at radius 1 is 1.24 bits per heavy atom. The summed E-state index contributed by atoms with van der Waals surface area (Å²) in [6, 6.07) is 6.34. The summed E-state index contributed by atoms with van der Waals surface area (Å²) in [6.45, 7) is 5.25. The molecular formula is C20H26F2N2O5. The number of hydrogen-bond acceptors (Lipinski definition) is 5. The van der Waals surface area contributed by atoms with E-state index < -0.39 is 54.5 Å². The summed E-state index contributed by atoms with van der Waals surface area (Å²) >= 11 is 0. The minimum absolute atomic E-state index is 0.00406. The minimum atomic E-state index is -3.22. The van der Waals surface area contributed by atoms with Gasteiger partial charge in [0.05, 0.1) is 6.54 Å². The molecule has 0 radical (unpaired) electrons. The average Bonchev–Trinajstić information content (AvgIpc) is 2.94. The van der Waals surface area contributed by atoms with Crippen molar-refractivity contribution in [1.82, 2.24) is 10.2 Å². The maximum atomic E-state index is 13.9. The lowest BCUT2D eigenvalue weighted by atomic mass is 10.1. The Morgan fingerprint density at radius 2 is 1.86 bits per heavy atom. The molecule has 160 valence electrons. The molecule has 1 fully saturated rings. The number of halogens is 2. The Morgan fingerprint density at radius 3 is 2.45 bits per heavy atom. The number of benzene rings is 1. The van der Waals surface area contributed by atoms with E-state index >= 15 is 0 Å². The Bertz CT molecular complexity index is 749. The third kappa shape index (κ3) is 6.69. The molecule has 2 rings (SSSR count). The highest BCUT2D eigenvalue weighted by molar-refractivity contribution is 5.90.